The quantitative estimate of drug-likeness (QED) is 0.486. The number of fused-ring (bicyclic) bond motifs is 1. The van der Waals surface area contributed by atoms with Crippen molar-refractivity contribution in [3.8, 4) is 0 Å². The van der Waals surface area contributed by atoms with E-state index in [0.29, 0.717) is 23.9 Å². The molecule has 0 aromatic rings. The third-order valence-corrected chi connectivity index (χ3v) is 6.98. The summed E-state index contributed by atoms with van der Waals surface area (Å²) >= 11 is 0. The third kappa shape index (κ3) is 3.05. The smallest absolute Gasteiger partial charge is 0.0957 e. The summed E-state index contributed by atoms with van der Waals surface area (Å²) in [6, 6.07) is 0. The molecule has 0 radical (unpaired) electrons. The molecule has 0 spiro atoms. The zero-order chi connectivity index (χ0) is 16.8. The summed E-state index contributed by atoms with van der Waals surface area (Å²) in [7, 11) is 2.02. The minimum atomic E-state index is 0.0814. The van der Waals surface area contributed by atoms with E-state index in [-0.39, 0.29) is 11.1 Å². The lowest BCUT2D eigenvalue weighted by atomic mass is 9.56. The number of ether oxygens (including phenoxy) is 1. The van der Waals surface area contributed by atoms with Crippen molar-refractivity contribution in [3.05, 3.63) is 28.6 Å². The van der Waals surface area contributed by atoms with Gasteiger partial charge in [-0.15, -0.1) is 5.54 Å². The van der Waals surface area contributed by atoms with Crippen LogP contribution in [0.1, 0.15) is 66.7 Å². The molecule has 1 aliphatic heterocycles. The number of hydrogen-bond donors (Lipinski definition) is 0. The fraction of sp³-hybridized carbons (Fsp3) is 0.810. The summed E-state index contributed by atoms with van der Waals surface area (Å²) in [4.78, 5) is 0. The van der Waals surface area contributed by atoms with Gasteiger partial charge in [-0.1, -0.05) is 36.6 Å². The molecule has 2 nitrogen and oxygen atoms in total. The van der Waals surface area contributed by atoms with E-state index in [1.165, 1.54) is 31.3 Å². The number of rotatable bonds is 4. The summed E-state index contributed by atoms with van der Waals surface area (Å²) in [6.45, 7) is 11.4. The molecule has 23 heavy (non-hydrogen) atoms. The lowest BCUT2D eigenvalue weighted by Gasteiger charge is -2.58. The van der Waals surface area contributed by atoms with Crippen LogP contribution in [0.4, 0.5) is 0 Å². The van der Waals surface area contributed by atoms with E-state index in [9.17, 15) is 0 Å². The molecule has 3 rings (SSSR count). The van der Waals surface area contributed by atoms with Crippen LogP contribution in [0.5, 0.6) is 0 Å². The fourth-order valence-electron chi connectivity index (χ4n) is 5.22. The van der Waals surface area contributed by atoms with Gasteiger partial charge in [0.1, 0.15) is 0 Å². The van der Waals surface area contributed by atoms with Gasteiger partial charge >= 0.3 is 0 Å². The van der Waals surface area contributed by atoms with Crippen molar-refractivity contribution in [2.45, 2.75) is 84.0 Å². The molecule has 3 aliphatic rings. The Kier molecular flexibility index (Phi) is 4.52. The number of epoxide rings is 1. The van der Waals surface area contributed by atoms with Gasteiger partial charge in [0.05, 0.1) is 11.7 Å². The predicted octanol–water partition coefficient (Wildman–Crippen LogP) is 5.64. The van der Waals surface area contributed by atoms with Gasteiger partial charge in [0.25, 0.3) is 0 Å². The highest BCUT2D eigenvalue weighted by Crippen LogP contribution is 2.58. The molecule has 0 bridgehead atoms. The van der Waals surface area contributed by atoms with Crippen LogP contribution in [-0.2, 0) is 4.74 Å². The second-order valence-corrected chi connectivity index (χ2v) is 8.77. The summed E-state index contributed by atoms with van der Waals surface area (Å²) in [5.74, 6) is 2.00. The van der Waals surface area contributed by atoms with Crippen LogP contribution in [0, 0.1) is 17.8 Å². The Morgan fingerprint density at radius 1 is 1.30 bits per heavy atom. The number of hydrogen-bond acceptors (Lipinski definition) is 1. The molecule has 0 amide bonds. The largest absolute Gasteiger partial charge is 0.659 e. The first-order valence-corrected chi connectivity index (χ1v) is 9.39. The highest BCUT2D eigenvalue weighted by atomic mass is 16.6. The SMILES string of the molecule is C[N-]C1(C)CCC(C2(C)OC2CC=C(C)C)C2C=C(C)CCC21. The average molecular weight is 317 g/mol. The minimum absolute atomic E-state index is 0.0814. The van der Waals surface area contributed by atoms with Crippen LogP contribution >= 0.6 is 0 Å². The van der Waals surface area contributed by atoms with E-state index < -0.39 is 0 Å². The van der Waals surface area contributed by atoms with Crippen molar-refractivity contribution in [2.24, 2.45) is 17.8 Å². The molecule has 1 saturated heterocycles. The average Bonchev–Trinajstić information content (AvgIpc) is 3.16. The molecular formula is C21H34NO-. The van der Waals surface area contributed by atoms with Crippen molar-refractivity contribution >= 4 is 0 Å². The Balaban J connectivity index is 1.81. The normalized spacial score (nSPS) is 45.9. The lowest BCUT2D eigenvalue weighted by Crippen LogP contribution is -2.49. The summed E-state index contributed by atoms with van der Waals surface area (Å²) in [5.41, 5.74) is 3.22. The van der Waals surface area contributed by atoms with Crippen molar-refractivity contribution in [3.63, 3.8) is 0 Å². The lowest BCUT2D eigenvalue weighted by molar-refractivity contribution is 0.0593. The molecular weight excluding hydrogens is 282 g/mol. The zero-order valence-electron chi connectivity index (χ0n) is 15.9. The van der Waals surface area contributed by atoms with Gasteiger partial charge in [-0.05, 0) is 71.1 Å². The third-order valence-electron chi connectivity index (χ3n) is 6.98. The van der Waals surface area contributed by atoms with E-state index in [1.807, 2.05) is 7.05 Å². The van der Waals surface area contributed by atoms with Crippen LogP contribution in [0.25, 0.3) is 5.32 Å². The maximum absolute atomic E-state index is 6.28. The van der Waals surface area contributed by atoms with Crippen molar-refractivity contribution < 1.29 is 4.74 Å². The Bertz CT molecular complexity index is 518. The Morgan fingerprint density at radius 2 is 2.04 bits per heavy atom. The topological polar surface area (TPSA) is 26.6 Å². The van der Waals surface area contributed by atoms with E-state index >= 15 is 0 Å². The Labute approximate surface area is 142 Å². The van der Waals surface area contributed by atoms with Gasteiger partial charge in [-0.2, -0.15) is 7.05 Å². The van der Waals surface area contributed by atoms with Crippen LogP contribution in [0.3, 0.4) is 0 Å². The molecule has 2 fully saturated rings. The first-order valence-electron chi connectivity index (χ1n) is 9.39. The predicted molar refractivity (Wildman–Crippen MR) is 97.7 cm³/mol. The maximum Gasteiger partial charge on any atom is 0.0957 e. The molecule has 0 aromatic carbocycles. The summed E-state index contributed by atoms with van der Waals surface area (Å²) < 4.78 is 6.28. The molecule has 2 aliphatic carbocycles. The van der Waals surface area contributed by atoms with Gasteiger partial charge in [0.15, 0.2) is 0 Å². The van der Waals surface area contributed by atoms with Crippen LogP contribution in [-0.4, -0.2) is 24.3 Å². The minimum Gasteiger partial charge on any atom is -0.659 e. The van der Waals surface area contributed by atoms with E-state index in [0.717, 1.165) is 6.42 Å². The highest BCUT2D eigenvalue weighted by molar-refractivity contribution is 5.23. The molecule has 1 heterocycles. The molecule has 130 valence electrons. The van der Waals surface area contributed by atoms with Gasteiger partial charge in [-0.3, -0.25) is 0 Å². The van der Waals surface area contributed by atoms with Crippen molar-refractivity contribution in [1.29, 1.82) is 0 Å². The van der Waals surface area contributed by atoms with Crippen molar-refractivity contribution in [1.82, 2.24) is 0 Å². The van der Waals surface area contributed by atoms with E-state index in [4.69, 9.17) is 10.1 Å². The molecule has 0 aromatic heterocycles. The summed E-state index contributed by atoms with van der Waals surface area (Å²) in [6.07, 6.45) is 11.4. The van der Waals surface area contributed by atoms with Crippen molar-refractivity contribution in [2.75, 3.05) is 7.05 Å². The first-order chi connectivity index (χ1) is 10.8. The van der Waals surface area contributed by atoms with Crippen LogP contribution < -0.4 is 0 Å². The number of allylic oxidation sites excluding steroid dienone is 3. The van der Waals surface area contributed by atoms with E-state index in [1.54, 1.807) is 5.57 Å². The number of nitrogens with zero attached hydrogens (tertiary/aromatic N) is 1. The van der Waals surface area contributed by atoms with E-state index in [2.05, 4.69) is 46.8 Å². The first kappa shape index (κ1) is 17.2. The van der Waals surface area contributed by atoms with Gasteiger partial charge in [-0.25, -0.2) is 0 Å². The van der Waals surface area contributed by atoms with Crippen LogP contribution in [0.2, 0.25) is 0 Å². The molecule has 2 heteroatoms. The molecule has 1 saturated carbocycles. The fourth-order valence-corrected chi connectivity index (χ4v) is 5.22. The molecule has 6 unspecified atom stereocenters. The highest BCUT2D eigenvalue weighted by Gasteiger charge is 2.60. The Morgan fingerprint density at radius 3 is 2.70 bits per heavy atom. The zero-order valence-corrected chi connectivity index (χ0v) is 15.9. The Hall–Kier alpha value is -0.600. The second kappa shape index (κ2) is 6.04. The van der Waals surface area contributed by atoms with Gasteiger partial charge < -0.3 is 10.1 Å². The molecule has 0 N–H and O–H groups in total. The van der Waals surface area contributed by atoms with Gasteiger partial charge in [0.2, 0.25) is 0 Å². The summed E-state index contributed by atoms with van der Waals surface area (Å²) in [5, 5.41) is 4.82. The maximum atomic E-state index is 6.28. The molecule has 6 atom stereocenters. The standard InChI is InChI=1S/C21H34NO/c1-14(2)7-10-19-21(5,23-19)18-11-12-20(4,22-6)17-9-8-15(3)13-16(17)18/h7,13,16-19H,8-12H2,1-6H3/q-1. The van der Waals surface area contributed by atoms with Crippen LogP contribution in [0.15, 0.2) is 23.3 Å². The monoisotopic (exact) mass is 316 g/mol. The second-order valence-electron chi connectivity index (χ2n) is 8.77. The van der Waals surface area contributed by atoms with Gasteiger partial charge in [0, 0.05) is 0 Å².